The highest BCUT2D eigenvalue weighted by atomic mass is 35.5. The number of aromatic nitrogens is 2. The molecule has 0 unspecified atom stereocenters. The Morgan fingerprint density at radius 3 is 3.13 bits per heavy atom. The number of H-pyrrole nitrogens is 1. The van der Waals surface area contributed by atoms with Crippen LogP contribution in [-0.2, 0) is 8.47 Å². The van der Waals surface area contributed by atoms with E-state index in [1.807, 2.05) is 0 Å². The monoisotopic (exact) mass is 251 g/mol. The minimum absolute atomic E-state index is 0.286. The third-order valence-corrected chi connectivity index (χ3v) is 2.16. The van der Waals surface area contributed by atoms with Crippen molar-refractivity contribution in [3.63, 3.8) is 0 Å². The lowest BCUT2D eigenvalue weighted by atomic mass is 10.4. The van der Waals surface area contributed by atoms with Crippen LogP contribution in [0.15, 0.2) is 6.07 Å². The molecule has 1 rings (SSSR count). The normalized spacial score (nSPS) is 10.1. The second-order valence-electron chi connectivity index (χ2n) is 2.50. The van der Waals surface area contributed by atoms with Crippen LogP contribution in [0.3, 0.4) is 0 Å². The van der Waals surface area contributed by atoms with E-state index in [-0.39, 0.29) is 5.69 Å². The van der Waals surface area contributed by atoms with Crippen molar-refractivity contribution in [3.8, 4) is 0 Å². The van der Waals surface area contributed by atoms with Gasteiger partial charge in [0, 0.05) is 13.1 Å². The summed E-state index contributed by atoms with van der Waals surface area (Å²) in [6.07, 6.45) is 0. The Bertz CT molecular complexity index is 333. The van der Waals surface area contributed by atoms with Gasteiger partial charge in [0.05, 0.1) is 18.5 Å². The van der Waals surface area contributed by atoms with Crippen molar-refractivity contribution in [1.82, 2.24) is 10.2 Å². The van der Waals surface area contributed by atoms with Crippen molar-refractivity contribution in [3.05, 3.63) is 11.8 Å². The molecule has 0 amide bonds. The van der Waals surface area contributed by atoms with Crippen LogP contribution in [0.4, 0.5) is 5.82 Å². The van der Waals surface area contributed by atoms with E-state index in [4.69, 9.17) is 16.6 Å². The molecule has 6 nitrogen and oxygen atoms in total. The summed E-state index contributed by atoms with van der Waals surface area (Å²) in [4.78, 5) is 11.3. The van der Waals surface area contributed by atoms with Crippen molar-refractivity contribution in [2.24, 2.45) is 0 Å². The lowest BCUT2D eigenvalue weighted by molar-refractivity contribution is 0.0519. The van der Waals surface area contributed by atoms with Crippen molar-refractivity contribution >= 4 is 35.9 Å². The quantitative estimate of drug-likeness (QED) is 0.489. The minimum Gasteiger partial charge on any atom is -0.461 e. The topological polar surface area (TPSA) is 67.4 Å². The van der Waals surface area contributed by atoms with Crippen LogP contribution in [0.1, 0.15) is 17.4 Å². The zero-order valence-corrected chi connectivity index (χ0v) is 9.76. The number of carbonyl (C=O) groups is 1. The van der Waals surface area contributed by atoms with E-state index >= 15 is 0 Å². The lowest BCUT2D eigenvalue weighted by Gasteiger charge is -2.08. The molecule has 0 saturated heterocycles. The van der Waals surface area contributed by atoms with Gasteiger partial charge in [0.25, 0.3) is 0 Å². The van der Waals surface area contributed by atoms with Crippen LogP contribution in [-0.4, -0.2) is 29.8 Å². The highest BCUT2D eigenvalue weighted by Crippen LogP contribution is 2.20. The zero-order chi connectivity index (χ0) is 11.3. The number of rotatable bonds is 5. The molecule has 0 fully saturated rings. The zero-order valence-electron chi connectivity index (χ0n) is 8.19. The van der Waals surface area contributed by atoms with Gasteiger partial charge in [0.2, 0.25) is 0 Å². The van der Waals surface area contributed by atoms with Gasteiger partial charge in [-0.25, -0.2) is 4.79 Å². The third-order valence-electron chi connectivity index (χ3n) is 1.52. The maximum Gasteiger partial charge on any atom is 0.356 e. The molecule has 0 saturated carbocycles. The van der Waals surface area contributed by atoms with Gasteiger partial charge < -0.3 is 4.74 Å². The molecule has 0 atom stereocenters. The van der Waals surface area contributed by atoms with E-state index in [0.717, 1.165) is 12.2 Å². The fourth-order valence-electron chi connectivity index (χ4n) is 0.866. The molecular weight excluding hydrogens is 242 g/mol. The van der Waals surface area contributed by atoms with Gasteiger partial charge in [-0.15, -0.1) is 0 Å². The number of hydrogen-bond donors (Lipinski definition) is 1. The third kappa shape index (κ3) is 3.29. The molecule has 0 aromatic carbocycles. The smallest absolute Gasteiger partial charge is 0.356 e. The van der Waals surface area contributed by atoms with Crippen molar-refractivity contribution in [2.45, 2.75) is 6.92 Å². The first kappa shape index (κ1) is 12.2. The first-order valence-corrected chi connectivity index (χ1v) is 5.11. The standard InChI is InChI=1S/C7H10ClN3O3S/c1-3-13-7(12)5-4-6(10-9-5)11(2)15-14-8/h4H,3H2,1-2H3,(H,9,10). The number of halogens is 1. The average molecular weight is 252 g/mol. The van der Waals surface area contributed by atoms with Crippen molar-refractivity contribution < 1.29 is 13.3 Å². The molecule has 0 radical (unpaired) electrons. The van der Waals surface area contributed by atoms with E-state index in [9.17, 15) is 4.79 Å². The van der Waals surface area contributed by atoms with Gasteiger partial charge in [-0.2, -0.15) is 8.83 Å². The molecule has 15 heavy (non-hydrogen) atoms. The molecule has 0 bridgehead atoms. The summed E-state index contributed by atoms with van der Waals surface area (Å²) < 4.78 is 10.7. The number of nitrogens with one attached hydrogen (secondary N) is 1. The molecule has 1 aromatic heterocycles. The number of ether oxygens (including phenoxy) is 1. The largest absolute Gasteiger partial charge is 0.461 e. The van der Waals surface area contributed by atoms with Gasteiger partial charge in [-0.1, -0.05) is 0 Å². The Labute approximate surface area is 96.4 Å². The Kier molecular flexibility index (Phi) is 4.73. The highest BCUT2D eigenvalue weighted by molar-refractivity contribution is 7.96. The molecule has 0 aliphatic heterocycles. The molecule has 0 spiro atoms. The Morgan fingerprint density at radius 2 is 2.53 bits per heavy atom. The number of aromatic amines is 1. The van der Waals surface area contributed by atoms with Gasteiger partial charge in [-0.3, -0.25) is 9.40 Å². The molecule has 0 aliphatic carbocycles. The second kappa shape index (κ2) is 5.84. The first-order chi connectivity index (χ1) is 7.19. The van der Waals surface area contributed by atoms with Crippen LogP contribution in [0.5, 0.6) is 0 Å². The number of nitrogens with zero attached hydrogens (tertiary/aromatic N) is 2. The summed E-state index contributed by atoms with van der Waals surface area (Å²) in [5, 5.41) is 6.43. The summed E-state index contributed by atoms with van der Waals surface area (Å²) in [7, 11) is 1.69. The van der Waals surface area contributed by atoms with E-state index in [0.29, 0.717) is 12.4 Å². The SMILES string of the molecule is CCOC(=O)c1cc(N(C)SOCl)n[nH]1. The second-order valence-corrected chi connectivity index (χ2v) is 3.70. The number of hydrogen-bond acceptors (Lipinski definition) is 6. The molecule has 1 aromatic rings. The molecule has 0 aliphatic rings. The van der Waals surface area contributed by atoms with Crippen molar-refractivity contribution in [1.29, 1.82) is 0 Å². The van der Waals surface area contributed by atoms with Gasteiger partial charge >= 0.3 is 5.97 Å². The first-order valence-electron chi connectivity index (χ1n) is 4.10. The van der Waals surface area contributed by atoms with Crippen LogP contribution < -0.4 is 4.31 Å². The fourth-order valence-corrected chi connectivity index (χ4v) is 1.37. The molecule has 1 N–H and O–H groups in total. The van der Waals surface area contributed by atoms with E-state index in [1.165, 1.54) is 0 Å². The van der Waals surface area contributed by atoms with Crippen LogP contribution in [0, 0.1) is 0 Å². The van der Waals surface area contributed by atoms with Crippen LogP contribution in [0.25, 0.3) is 0 Å². The predicted octanol–water partition coefficient (Wildman–Crippen LogP) is 1.76. The van der Waals surface area contributed by atoms with Crippen LogP contribution in [0.2, 0.25) is 0 Å². The Hall–Kier alpha value is -0.920. The molecular formula is C7H10ClN3O3S. The summed E-state index contributed by atoms with van der Waals surface area (Å²) in [6, 6.07) is 1.54. The van der Waals surface area contributed by atoms with Crippen molar-refractivity contribution in [2.75, 3.05) is 18.0 Å². The predicted molar refractivity (Wildman–Crippen MR) is 57.5 cm³/mol. The maximum atomic E-state index is 11.3. The van der Waals surface area contributed by atoms with Gasteiger partial charge in [0.15, 0.2) is 5.82 Å². The minimum atomic E-state index is -0.443. The summed E-state index contributed by atoms with van der Waals surface area (Å²) >= 11 is 5.94. The lowest BCUT2D eigenvalue weighted by Crippen LogP contribution is -2.06. The van der Waals surface area contributed by atoms with Crippen LogP contribution >= 0.6 is 24.1 Å². The number of anilines is 1. The summed E-state index contributed by atoms with van der Waals surface area (Å²) in [5.74, 6) is 0.0742. The summed E-state index contributed by atoms with van der Waals surface area (Å²) in [5.41, 5.74) is 0.286. The van der Waals surface area contributed by atoms with Gasteiger partial charge in [-0.05, 0) is 6.92 Å². The molecule has 8 heteroatoms. The van der Waals surface area contributed by atoms with Gasteiger partial charge in [0.1, 0.15) is 17.9 Å². The fraction of sp³-hybridized carbons (Fsp3) is 0.429. The Balaban J connectivity index is 2.67. The highest BCUT2D eigenvalue weighted by Gasteiger charge is 2.13. The number of carbonyl (C=O) groups excluding carboxylic acids is 1. The molecule has 84 valence electrons. The Morgan fingerprint density at radius 1 is 1.80 bits per heavy atom. The maximum absolute atomic E-state index is 11.3. The number of esters is 1. The summed E-state index contributed by atoms with van der Waals surface area (Å²) in [6.45, 7) is 2.06. The van der Waals surface area contributed by atoms with E-state index in [1.54, 1.807) is 24.3 Å². The van der Waals surface area contributed by atoms with E-state index < -0.39 is 5.97 Å². The van der Waals surface area contributed by atoms with E-state index in [2.05, 4.69) is 13.9 Å². The average Bonchev–Trinajstić information content (AvgIpc) is 2.67. The molecule has 1 heterocycles.